The number of nitrogens with zero attached hydrogens (tertiary/aromatic N) is 2. The summed E-state index contributed by atoms with van der Waals surface area (Å²) in [5, 5.41) is 20.5. The van der Waals surface area contributed by atoms with E-state index in [4.69, 9.17) is 0 Å². The van der Waals surface area contributed by atoms with E-state index in [2.05, 4.69) is 0 Å². The SMILES string of the molecule is O=[N+]([O-])c1ccc(N2CC(c3ccc(C(F)(F)F)cc3)CC[C@H]2CO)cc1. The van der Waals surface area contributed by atoms with Crippen molar-refractivity contribution in [3.63, 3.8) is 0 Å². The number of anilines is 1. The number of aliphatic hydroxyl groups excluding tert-OH is 1. The third-order valence-electron chi connectivity index (χ3n) is 5.02. The first kappa shape index (κ1) is 19.2. The molecule has 0 aromatic heterocycles. The van der Waals surface area contributed by atoms with Crippen LogP contribution in [0.1, 0.15) is 29.9 Å². The van der Waals surface area contributed by atoms with Crippen molar-refractivity contribution in [3.05, 3.63) is 69.8 Å². The normalized spacial score (nSPS) is 20.5. The van der Waals surface area contributed by atoms with Crippen molar-refractivity contribution in [1.29, 1.82) is 0 Å². The van der Waals surface area contributed by atoms with E-state index in [9.17, 15) is 28.4 Å². The summed E-state index contributed by atoms with van der Waals surface area (Å²) < 4.78 is 38.2. The van der Waals surface area contributed by atoms with Crippen molar-refractivity contribution in [3.8, 4) is 0 Å². The van der Waals surface area contributed by atoms with Crippen LogP contribution in [-0.2, 0) is 6.18 Å². The van der Waals surface area contributed by atoms with E-state index in [1.54, 1.807) is 12.1 Å². The van der Waals surface area contributed by atoms with Crippen molar-refractivity contribution in [2.45, 2.75) is 31.0 Å². The Bertz CT molecular complexity index is 791. The van der Waals surface area contributed by atoms with Gasteiger partial charge in [-0.05, 0) is 42.7 Å². The number of piperidine rings is 1. The molecular formula is C19H19F3N2O3. The van der Waals surface area contributed by atoms with Crippen molar-refractivity contribution in [1.82, 2.24) is 0 Å². The van der Waals surface area contributed by atoms with E-state index in [-0.39, 0.29) is 24.3 Å². The Morgan fingerprint density at radius 2 is 1.70 bits per heavy atom. The number of nitro groups is 1. The molecule has 0 amide bonds. The molecule has 27 heavy (non-hydrogen) atoms. The van der Waals surface area contributed by atoms with Gasteiger partial charge in [0.1, 0.15) is 0 Å². The highest BCUT2D eigenvalue weighted by Gasteiger charge is 2.32. The third-order valence-corrected chi connectivity index (χ3v) is 5.02. The predicted octanol–water partition coefficient (Wildman–Crippen LogP) is 4.36. The zero-order chi connectivity index (χ0) is 19.6. The van der Waals surface area contributed by atoms with Crippen molar-refractivity contribution < 1.29 is 23.2 Å². The molecule has 1 aliphatic rings. The molecule has 2 aromatic carbocycles. The summed E-state index contributed by atoms with van der Waals surface area (Å²) in [5.41, 5.74) is 0.862. The van der Waals surface area contributed by atoms with Gasteiger partial charge < -0.3 is 10.0 Å². The molecule has 1 heterocycles. The second-order valence-corrected chi connectivity index (χ2v) is 6.66. The van der Waals surface area contributed by atoms with Gasteiger partial charge in [-0.15, -0.1) is 0 Å². The Kier molecular flexibility index (Phi) is 5.36. The second-order valence-electron chi connectivity index (χ2n) is 6.66. The molecule has 1 unspecified atom stereocenters. The molecule has 1 N–H and O–H groups in total. The Morgan fingerprint density at radius 1 is 1.07 bits per heavy atom. The van der Waals surface area contributed by atoms with Crippen LogP contribution in [0.5, 0.6) is 0 Å². The fourth-order valence-corrected chi connectivity index (χ4v) is 3.52. The molecule has 0 radical (unpaired) electrons. The number of halogens is 3. The zero-order valence-electron chi connectivity index (χ0n) is 14.4. The highest BCUT2D eigenvalue weighted by atomic mass is 19.4. The fourth-order valence-electron chi connectivity index (χ4n) is 3.52. The van der Waals surface area contributed by atoms with E-state index in [0.717, 1.165) is 29.8 Å². The van der Waals surface area contributed by atoms with Gasteiger partial charge in [-0.3, -0.25) is 10.1 Å². The number of nitro benzene ring substituents is 1. The smallest absolute Gasteiger partial charge is 0.394 e. The summed E-state index contributed by atoms with van der Waals surface area (Å²) in [6, 6.07) is 11.1. The molecule has 8 heteroatoms. The molecule has 2 atom stereocenters. The van der Waals surface area contributed by atoms with Crippen LogP contribution >= 0.6 is 0 Å². The summed E-state index contributed by atoms with van der Waals surface area (Å²) in [4.78, 5) is 12.3. The van der Waals surface area contributed by atoms with E-state index >= 15 is 0 Å². The van der Waals surface area contributed by atoms with Crippen LogP contribution in [0.15, 0.2) is 48.5 Å². The highest BCUT2D eigenvalue weighted by molar-refractivity contribution is 5.52. The molecular weight excluding hydrogens is 361 g/mol. The van der Waals surface area contributed by atoms with Gasteiger partial charge in [0.2, 0.25) is 0 Å². The molecule has 2 aromatic rings. The summed E-state index contributed by atoms with van der Waals surface area (Å²) >= 11 is 0. The lowest BCUT2D eigenvalue weighted by molar-refractivity contribution is -0.384. The summed E-state index contributed by atoms with van der Waals surface area (Å²) in [5.74, 6) is 0.0188. The first-order valence-electron chi connectivity index (χ1n) is 8.58. The molecule has 1 aliphatic heterocycles. The minimum atomic E-state index is -4.36. The maximum Gasteiger partial charge on any atom is 0.416 e. The molecule has 0 bridgehead atoms. The molecule has 0 spiro atoms. The molecule has 144 valence electrons. The minimum Gasteiger partial charge on any atom is -0.394 e. The van der Waals surface area contributed by atoms with E-state index < -0.39 is 16.7 Å². The maximum absolute atomic E-state index is 12.7. The number of alkyl halides is 3. The van der Waals surface area contributed by atoms with Crippen molar-refractivity contribution >= 4 is 11.4 Å². The number of non-ortho nitro benzene ring substituents is 1. The first-order valence-corrected chi connectivity index (χ1v) is 8.58. The molecule has 5 nitrogen and oxygen atoms in total. The molecule has 0 saturated carbocycles. The number of hydrogen-bond acceptors (Lipinski definition) is 4. The molecule has 3 rings (SSSR count). The summed E-state index contributed by atoms with van der Waals surface area (Å²) in [6.45, 7) is 0.463. The Labute approximate surface area is 154 Å². The topological polar surface area (TPSA) is 66.6 Å². The van der Waals surface area contributed by atoms with Crippen LogP contribution in [0, 0.1) is 10.1 Å². The average Bonchev–Trinajstić information content (AvgIpc) is 2.67. The Hall–Kier alpha value is -2.61. The quantitative estimate of drug-likeness (QED) is 0.632. The number of hydrogen-bond donors (Lipinski definition) is 1. The minimum absolute atomic E-state index is 0.0180. The van der Waals surface area contributed by atoms with Crippen LogP contribution in [0.2, 0.25) is 0 Å². The van der Waals surface area contributed by atoms with Crippen molar-refractivity contribution in [2.24, 2.45) is 0 Å². The largest absolute Gasteiger partial charge is 0.416 e. The standard InChI is InChI=1S/C19H19F3N2O3/c20-19(21,22)15-4-1-13(2-5-15)14-3-6-18(12-25)23(11-14)16-7-9-17(10-8-16)24(26)27/h1-2,4-5,7-10,14,18,25H,3,6,11-12H2/t14?,18-/m0/s1. The van der Waals surface area contributed by atoms with Crippen LogP contribution in [0.25, 0.3) is 0 Å². The lowest BCUT2D eigenvalue weighted by atomic mass is 9.86. The van der Waals surface area contributed by atoms with E-state index in [1.807, 2.05) is 4.90 Å². The van der Waals surface area contributed by atoms with Crippen LogP contribution in [-0.4, -0.2) is 29.2 Å². The number of rotatable bonds is 4. The fraction of sp³-hybridized carbons (Fsp3) is 0.368. The second kappa shape index (κ2) is 7.56. The van der Waals surface area contributed by atoms with Gasteiger partial charge in [-0.25, -0.2) is 0 Å². The van der Waals surface area contributed by atoms with Crippen LogP contribution < -0.4 is 4.90 Å². The third kappa shape index (κ3) is 4.21. The van der Waals surface area contributed by atoms with Gasteiger partial charge in [0.15, 0.2) is 0 Å². The highest BCUT2D eigenvalue weighted by Crippen LogP contribution is 2.35. The molecule has 1 fully saturated rings. The van der Waals surface area contributed by atoms with E-state index in [1.165, 1.54) is 24.3 Å². The van der Waals surface area contributed by atoms with Gasteiger partial charge in [-0.1, -0.05) is 12.1 Å². The van der Waals surface area contributed by atoms with Gasteiger partial charge >= 0.3 is 6.18 Å². The Morgan fingerprint density at radius 3 is 2.22 bits per heavy atom. The monoisotopic (exact) mass is 380 g/mol. The average molecular weight is 380 g/mol. The number of aliphatic hydroxyl groups is 1. The van der Waals surface area contributed by atoms with Crippen LogP contribution in [0.4, 0.5) is 24.5 Å². The van der Waals surface area contributed by atoms with Gasteiger partial charge in [0.25, 0.3) is 5.69 Å². The summed E-state index contributed by atoms with van der Waals surface area (Å²) in [7, 11) is 0. The van der Waals surface area contributed by atoms with Crippen LogP contribution in [0.3, 0.4) is 0 Å². The lowest BCUT2D eigenvalue weighted by Crippen LogP contribution is -2.44. The first-order chi connectivity index (χ1) is 12.8. The maximum atomic E-state index is 12.7. The van der Waals surface area contributed by atoms with Gasteiger partial charge in [0, 0.05) is 30.3 Å². The number of benzene rings is 2. The molecule has 0 aliphatic carbocycles. The van der Waals surface area contributed by atoms with Gasteiger partial charge in [-0.2, -0.15) is 13.2 Å². The van der Waals surface area contributed by atoms with Gasteiger partial charge in [0.05, 0.1) is 23.1 Å². The molecule has 1 saturated heterocycles. The van der Waals surface area contributed by atoms with E-state index in [0.29, 0.717) is 13.0 Å². The van der Waals surface area contributed by atoms with Crippen molar-refractivity contribution in [2.75, 3.05) is 18.1 Å². The summed E-state index contributed by atoms with van der Waals surface area (Å²) in [6.07, 6.45) is -2.93. The zero-order valence-corrected chi connectivity index (χ0v) is 14.4. The predicted molar refractivity (Wildman–Crippen MR) is 94.7 cm³/mol. The Balaban J connectivity index is 1.81. The lowest BCUT2D eigenvalue weighted by Gasteiger charge is -2.40.